The Kier molecular flexibility index (Phi) is 16.0. The van der Waals surface area contributed by atoms with Crippen LogP contribution in [0.2, 0.25) is 0 Å². The molecule has 1 fully saturated rings. The summed E-state index contributed by atoms with van der Waals surface area (Å²) in [6, 6.07) is 27.7. The van der Waals surface area contributed by atoms with Crippen LogP contribution < -0.4 is 0 Å². The molecule has 1 atom stereocenters. The third kappa shape index (κ3) is 13.0. The zero-order valence-electron chi connectivity index (χ0n) is 40.2. The van der Waals surface area contributed by atoms with Crippen LogP contribution in [0.25, 0.3) is 44.1 Å². The van der Waals surface area contributed by atoms with E-state index in [1.807, 2.05) is 65.8 Å². The maximum absolute atomic E-state index is 12.2. The number of aryl methyl sites for hydroxylation is 5. The Hall–Kier alpha value is -4.58. The third-order valence-corrected chi connectivity index (χ3v) is 11.1. The van der Waals surface area contributed by atoms with Crippen LogP contribution in [0.4, 0.5) is 8.78 Å². The second-order valence-corrected chi connectivity index (χ2v) is 16.0. The number of carbonyl (C=O) groups is 1. The van der Waals surface area contributed by atoms with E-state index in [0.717, 1.165) is 78.0 Å². The number of benzene rings is 4. The van der Waals surface area contributed by atoms with Crippen LogP contribution in [0.1, 0.15) is 117 Å². The van der Waals surface area contributed by atoms with Crippen LogP contribution in [0, 0.1) is 58.6 Å². The second kappa shape index (κ2) is 22.9. The number of aromatic nitrogens is 2. The molecule has 1 unspecified atom stereocenters. The second-order valence-electron chi connectivity index (χ2n) is 16.0. The van der Waals surface area contributed by atoms with Gasteiger partial charge in [-0.25, -0.2) is 8.78 Å². The molecule has 2 aromatic heterocycles. The maximum Gasteiger partial charge on any atom is 0.239 e. The van der Waals surface area contributed by atoms with Gasteiger partial charge in [-0.2, -0.15) is 0 Å². The zero-order valence-corrected chi connectivity index (χ0v) is 38.6. The molecule has 1 aliphatic carbocycles. The fourth-order valence-corrected chi connectivity index (χ4v) is 8.00. The number of rotatable bonds is 11. The minimum atomic E-state index is -2.46. The van der Waals surface area contributed by atoms with Gasteiger partial charge in [0.1, 0.15) is 0 Å². The Bertz CT molecular complexity index is 2570. The van der Waals surface area contributed by atoms with Crippen LogP contribution in [-0.4, -0.2) is 27.3 Å². The van der Waals surface area contributed by atoms with Crippen molar-refractivity contribution in [2.75, 3.05) is 0 Å². The summed E-state index contributed by atoms with van der Waals surface area (Å²) in [6.07, 6.45) is 5.18. The van der Waals surface area contributed by atoms with Crippen LogP contribution in [0.3, 0.4) is 0 Å². The molecule has 6 aromatic rings. The molecule has 1 saturated carbocycles. The standard InChI is InChI=1S/C22H22N.C18H16N.C13H22F2O2.Ir/c1-15-11-16(2)13-20(12-15)22-21-8-7-18(17-5-3-4-6-17)14-19(21)9-10-23-22;1-12-4-5-17-15(9-12)6-7-19-18(17)16-10-13(2)8-14(3)11-16;1-4-9(5-2)11(16)8-12(17)10(6-3)7-13(14)15;/h7-12,14,17H,3-6H2,1-2H3;4-10H,1-3H3;8-10,13,17H,4-7H2,1-3H3;/q2*-1;;/b;;12-8-;/i9D,10D;6D,7D;;. The summed E-state index contributed by atoms with van der Waals surface area (Å²) < 4.78 is 57.0. The summed E-state index contributed by atoms with van der Waals surface area (Å²) in [7, 11) is 0. The number of aliphatic hydroxyl groups excluding tert-OH is 1. The van der Waals surface area contributed by atoms with E-state index in [-0.39, 0.29) is 62.0 Å². The number of aliphatic hydroxyl groups is 1. The first-order chi connectivity index (χ1) is 29.9. The Labute approximate surface area is 376 Å². The summed E-state index contributed by atoms with van der Waals surface area (Å²) >= 11 is 0. The van der Waals surface area contributed by atoms with Crippen molar-refractivity contribution < 1.29 is 44.3 Å². The van der Waals surface area contributed by atoms with Gasteiger partial charge in [0.25, 0.3) is 0 Å². The molecule has 0 saturated heterocycles. The minimum absolute atomic E-state index is 0. The van der Waals surface area contributed by atoms with Gasteiger partial charge in [0, 0.05) is 56.8 Å². The summed E-state index contributed by atoms with van der Waals surface area (Å²) in [6.45, 7) is 15.6. The molecule has 1 aliphatic rings. The first-order valence-electron chi connectivity index (χ1n) is 23.0. The predicted molar refractivity (Wildman–Crippen MR) is 241 cm³/mol. The number of carbonyl (C=O) groups excluding carboxylic acids is 1. The van der Waals surface area contributed by atoms with Crippen molar-refractivity contribution in [2.24, 2.45) is 11.8 Å². The topological polar surface area (TPSA) is 63.1 Å². The molecule has 1 radical (unpaired) electrons. The average Bonchev–Trinajstić information content (AvgIpc) is 3.78. The molecule has 0 spiro atoms. The van der Waals surface area contributed by atoms with Crippen molar-refractivity contribution in [1.29, 1.82) is 0 Å². The number of halogens is 2. The number of hydrogen-bond acceptors (Lipinski definition) is 4. The van der Waals surface area contributed by atoms with Crippen molar-refractivity contribution in [3.8, 4) is 22.5 Å². The van der Waals surface area contributed by atoms with Crippen molar-refractivity contribution >= 4 is 27.3 Å². The van der Waals surface area contributed by atoms with Crippen molar-refractivity contribution in [3.63, 3.8) is 0 Å². The van der Waals surface area contributed by atoms with E-state index >= 15 is 0 Å². The molecule has 60 heavy (non-hydrogen) atoms. The number of pyridine rings is 2. The van der Waals surface area contributed by atoms with E-state index in [1.165, 1.54) is 31.2 Å². The molecule has 0 bridgehead atoms. The van der Waals surface area contributed by atoms with Gasteiger partial charge in [0.15, 0.2) is 5.78 Å². The van der Waals surface area contributed by atoms with E-state index in [2.05, 4.69) is 65.4 Å². The van der Waals surface area contributed by atoms with E-state index in [1.54, 1.807) is 6.92 Å². The maximum atomic E-state index is 12.2. The molecule has 0 aliphatic heterocycles. The molecule has 2 heterocycles. The van der Waals surface area contributed by atoms with Gasteiger partial charge in [0.2, 0.25) is 6.43 Å². The molecule has 0 amide bonds. The number of ketones is 1. The fraction of sp³-hybridized carbons (Fsp3) is 0.377. The number of allylic oxidation sites excluding steroid dienone is 2. The van der Waals surface area contributed by atoms with Gasteiger partial charge in [-0.3, -0.25) is 4.79 Å². The number of fused-ring (bicyclic) bond motifs is 2. The van der Waals surface area contributed by atoms with E-state index in [4.69, 9.17) is 5.48 Å². The molecule has 4 aromatic carbocycles. The molecular weight excluding hydrogens is 927 g/mol. The van der Waals surface area contributed by atoms with Gasteiger partial charge in [0.05, 0.1) is 11.2 Å². The van der Waals surface area contributed by atoms with E-state index in [0.29, 0.717) is 25.2 Å². The smallest absolute Gasteiger partial charge is 0.239 e. The fourth-order valence-electron chi connectivity index (χ4n) is 8.00. The molecule has 7 rings (SSSR count). The summed E-state index contributed by atoms with van der Waals surface area (Å²) in [4.78, 5) is 20.5. The summed E-state index contributed by atoms with van der Waals surface area (Å²) in [5, 5.41) is 13.1. The van der Waals surface area contributed by atoms with Crippen LogP contribution in [0.15, 0.2) is 96.9 Å². The van der Waals surface area contributed by atoms with Gasteiger partial charge < -0.3 is 15.1 Å². The zero-order chi connectivity index (χ0) is 46.1. The van der Waals surface area contributed by atoms with Crippen LogP contribution in [0.5, 0.6) is 0 Å². The van der Waals surface area contributed by atoms with Gasteiger partial charge in [-0.15, -0.1) is 69.8 Å². The largest absolute Gasteiger partial charge is 0.512 e. The third-order valence-electron chi connectivity index (χ3n) is 11.1. The van der Waals surface area contributed by atoms with Gasteiger partial charge in [-0.05, 0) is 95.5 Å². The van der Waals surface area contributed by atoms with Crippen molar-refractivity contribution in [3.05, 3.63) is 142 Å². The van der Waals surface area contributed by atoms with Crippen molar-refractivity contribution in [1.82, 2.24) is 9.97 Å². The van der Waals surface area contributed by atoms with Gasteiger partial charge in [-0.1, -0.05) is 103 Å². The molecule has 4 nitrogen and oxygen atoms in total. The SMILES string of the molecule is CCC(CC)C(=O)/C=C(\O)C(CC)CC(F)F.[2H]c1nc(-c2[c-]c(C)cc(C)c2)c2ccc(C)cc2c1[2H].[2H]c1nc(-c2[c-]c(C)cc(C)c2)c2ccc(C3CCCC3)cc2c1[2H].[Ir]. The first-order valence-corrected chi connectivity index (χ1v) is 21.0. The van der Waals surface area contributed by atoms with Gasteiger partial charge >= 0.3 is 0 Å². The Balaban J connectivity index is 0.000000213. The van der Waals surface area contributed by atoms with E-state index < -0.39 is 18.8 Å². The Morgan fingerprint density at radius 3 is 1.73 bits per heavy atom. The van der Waals surface area contributed by atoms with Crippen molar-refractivity contribution in [2.45, 2.75) is 119 Å². The van der Waals surface area contributed by atoms with E-state index in [9.17, 15) is 18.7 Å². The first kappa shape index (κ1) is 42.1. The predicted octanol–water partition coefficient (Wildman–Crippen LogP) is 14.7. The monoisotopic (exact) mass is 991 g/mol. The minimum Gasteiger partial charge on any atom is -0.512 e. The normalized spacial score (nSPS) is 14.4. The molecule has 1 N–H and O–H groups in total. The van der Waals surface area contributed by atoms with Crippen LogP contribution >= 0.6 is 0 Å². The molecule has 7 heteroatoms. The Morgan fingerprint density at radius 1 is 0.750 bits per heavy atom. The average molecular weight is 991 g/mol. The number of hydrogen-bond donors (Lipinski definition) is 1. The number of nitrogens with zero attached hydrogens (tertiary/aromatic N) is 2. The summed E-state index contributed by atoms with van der Waals surface area (Å²) in [5.74, 6) is -0.512. The summed E-state index contributed by atoms with van der Waals surface area (Å²) in [5.41, 5.74) is 10.1. The van der Waals surface area contributed by atoms with Crippen LogP contribution in [-0.2, 0) is 24.9 Å². The number of alkyl halides is 2. The quantitative estimate of drug-likeness (QED) is 0.0798. The molecular formula is C53H60F2IrN2O2-2. The molecule has 319 valence electrons. The Morgan fingerprint density at radius 2 is 1.25 bits per heavy atom.